The molecule has 0 spiro atoms. The number of hydrogen-bond acceptors (Lipinski definition) is 4. The second-order valence-corrected chi connectivity index (χ2v) is 13.6. The van der Waals surface area contributed by atoms with E-state index in [-0.39, 0.29) is 34.9 Å². The zero-order valence-corrected chi connectivity index (χ0v) is 16.7. The Balaban J connectivity index is 2.20. The summed E-state index contributed by atoms with van der Waals surface area (Å²) in [6, 6.07) is -0.108. The first-order valence-electron chi connectivity index (χ1n) is 8.44. The molecule has 4 atom stereocenters. The van der Waals surface area contributed by atoms with Crippen LogP contribution in [0.5, 0.6) is 0 Å². The number of hydrogen-bond donors (Lipinski definition) is 0. The van der Waals surface area contributed by atoms with E-state index in [0.29, 0.717) is 6.61 Å². The Hall–Kier alpha value is -0.723. The van der Waals surface area contributed by atoms with Gasteiger partial charge in [0, 0.05) is 0 Å². The molecule has 0 radical (unpaired) electrons. The van der Waals surface area contributed by atoms with Gasteiger partial charge in [-0.15, -0.1) is 0 Å². The first kappa shape index (κ1) is 18.6. The molecule has 1 amide bonds. The van der Waals surface area contributed by atoms with Gasteiger partial charge in [-0.1, -0.05) is 20.8 Å². The molecule has 2 heterocycles. The monoisotopic (exact) mass is 341 g/mol. The van der Waals surface area contributed by atoms with Crippen LogP contribution in [0.4, 0.5) is 0 Å². The third-order valence-electron chi connectivity index (χ3n) is 5.80. The molecule has 6 heteroatoms. The fraction of sp³-hybridized carbons (Fsp3) is 0.882. The Morgan fingerprint density at radius 1 is 1.39 bits per heavy atom. The van der Waals surface area contributed by atoms with E-state index in [4.69, 9.17) is 9.16 Å². The van der Waals surface area contributed by atoms with Gasteiger partial charge in [0.1, 0.15) is 12.0 Å². The van der Waals surface area contributed by atoms with Gasteiger partial charge in [0.05, 0.1) is 30.6 Å². The summed E-state index contributed by atoms with van der Waals surface area (Å²) in [7, 11) is -1.96. The molecule has 0 saturated carbocycles. The van der Waals surface area contributed by atoms with E-state index in [0.717, 1.165) is 6.29 Å². The van der Waals surface area contributed by atoms with Crippen molar-refractivity contribution in [1.82, 2.24) is 4.90 Å². The van der Waals surface area contributed by atoms with Crippen molar-refractivity contribution in [1.29, 1.82) is 0 Å². The van der Waals surface area contributed by atoms with Gasteiger partial charge in [-0.3, -0.25) is 4.79 Å². The molecule has 0 aromatic carbocycles. The number of aldehydes is 1. The molecule has 0 aromatic heterocycles. The highest BCUT2D eigenvalue weighted by atomic mass is 28.4. The largest absolute Gasteiger partial charge is 0.413 e. The molecule has 0 aromatic rings. The van der Waals surface area contributed by atoms with Crippen LogP contribution in [-0.4, -0.2) is 49.9 Å². The summed E-state index contributed by atoms with van der Waals surface area (Å²) in [6.45, 7) is 17.1. The van der Waals surface area contributed by atoms with Gasteiger partial charge in [-0.2, -0.15) is 0 Å². The molecule has 2 aliphatic heterocycles. The standard InChI is InChI=1S/C17H31NO4Si/c1-11(22-23(7,8)16(2,3)4)13-14-12(9-19)10-21-17(5,6)18(14)15(13)20/h9,11-14H,10H2,1-8H3/t11-,12?,13-,14-/m1/s1. The van der Waals surface area contributed by atoms with Gasteiger partial charge in [-0.05, 0) is 38.9 Å². The summed E-state index contributed by atoms with van der Waals surface area (Å²) in [5, 5.41) is 0.0900. The Bertz CT molecular complexity index is 497. The number of rotatable bonds is 4. The van der Waals surface area contributed by atoms with Crippen molar-refractivity contribution in [2.75, 3.05) is 6.61 Å². The zero-order valence-electron chi connectivity index (χ0n) is 15.7. The van der Waals surface area contributed by atoms with E-state index in [1.807, 2.05) is 20.8 Å². The maximum absolute atomic E-state index is 12.7. The minimum Gasteiger partial charge on any atom is -0.413 e. The molecule has 5 nitrogen and oxygen atoms in total. The first-order chi connectivity index (χ1) is 10.3. The molecule has 0 aliphatic carbocycles. The molecule has 2 aliphatic rings. The van der Waals surface area contributed by atoms with Crippen LogP contribution in [-0.2, 0) is 18.8 Å². The number of β-lactam (4-membered cyclic amide) rings is 1. The van der Waals surface area contributed by atoms with E-state index in [2.05, 4.69) is 33.9 Å². The lowest BCUT2D eigenvalue weighted by Crippen LogP contribution is -2.76. The first-order valence-corrected chi connectivity index (χ1v) is 11.3. The third-order valence-corrected chi connectivity index (χ3v) is 10.4. The third kappa shape index (κ3) is 3.01. The van der Waals surface area contributed by atoms with E-state index in [1.165, 1.54) is 0 Å². The fourth-order valence-corrected chi connectivity index (χ4v) is 4.83. The Labute approximate surface area is 140 Å². The van der Waals surface area contributed by atoms with Crippen LogP contribution in [0.3, 0.4) is 0 Å². The Morgan fingerprint density at radius 3 is 2.43 bits per heavy atom. The highest BCUT2D eigenvalue weighted by Crippen LogP contribution is 2.46. The van der Waals surface area contributed by atoms with E-state index in [9.17, 15) is 9.59 Å². The van der Waals surface area contributed by atoms with Crippen molar-refractivity contribution < 1.29 is 18.8 Å². The maximum atomic E-state index is 12.7. The van der Waals surface area contributed by atoms with E-state index < -0.39 is 14.0 Å². The van der Waals surface area contributed by atoms with Crippen LogP contribution in [0.2, 0.25) is 18.1 Å². The zero-order chi connectivity index (χ0) is 17.8. The number of carbonyl (C=O) groups excluding carboxylic acids is 2. The summed E-state index contributed by atoms with van der Waals surface area (Å²) < 4.78 is 12.1. The normalized spacial score (nSPS) is 32.1. The minimum atomic E-state index is -1.96. The van der Waals surface area contributed by atoms with Crippen LogP contribution >= 0.6 is 0 Å². The van der Waals surface area contributed by atoms with Crippen molar-refractivity contribution in [2.24, 2.45) is 11.8 Å². The summed E-state index contributed by atoms with van der Waals surface area (Å²) in [4.78, 5) is 25.9. The van der Waals surface area contributed by atoms with Crippen molar-refractivity contribution in [3.8, 4) is 0 Å². The molecular formula is C17H31NO4Si. The molecule has 0 bridgehead atoms. The molecule has 2 rings (SSSR count). The maximum Gasteiger partial charge on any atom is 0.232 e. The lowest BCUT2D eigenvalue weighted by atomic mass is 9.74. The minimum absolute atomic E-state index is 0.0396. The van der Waals surface area contributed by atoms with Gasteiger partial charge in [0.15, 0.2) is 8.32 Å². The van der Waals surface area contributed by atoms with E-state index in [1.54, 1.807) is 4.90 Å². The van der Waals surface area contributed by atoms with Gasteiger partial charge in [0.25, 0.3) is 0 Å². The molecular weight excluding hydrogens is 310 g/mol. The number of nitrogens with zero attached hydrogens (tertiary/aromatic N) is 1. The molecule has 0 N–H and O–H groups in total. The van der Waals surface area contributed by atoms with Gasteiger partial charge < -0.3 is 18.9 Å². The summed E-state index contributed by atoms with van der Waals surface area (Å²) in [5.41, 5.74) is -0.644. The summed E-state index contributed by atoms with van der Waals surface area (Å²) >= 11 is 0. The second-order valence-electron chi connectivity index (χ2n) is 8.87. The van der Waals surface area contributed by atoms with E-state index >= 15 is 0 Å². The lowest BCUT2D eigenvalue weighted by Gasteiger charge is -2.61. The highest BCUT2D eigenvalue weighted by molar-refractivity contribution is 6.74. The number of carbonyl (C=O) groups is 2. The number of amides is 1. The van der Waals surface area contributed by atoms with Crippen molar-refractivity contribution >= 4 is 20.5 Å². The van der Waals surface area contributed by atoms with Gasteiger partial charge >= 0.3 is 0 Å². The smallest absolute Gasteiger partial charge is 0.232 e. The van der Waals surface area contributed by atoms with Crippen LogP contribution in [0, 0.1) is 11.8 Å². The molecule has 23 heavy (non-hydrogen) atoms. The molecule has 1 unspecified atom stereocenters. The number of fused-ring (bicyclic) bond motifs is 1. The highest BCUT2D eigenvalue weighted by Gasteiger charge is 2.61. The van der Waals surface area contributed by atoms with Crippen LogP contribution in [0.1, 0.15) is 41.5 Å². The average Bonchev–Trinajstić information content (AvgIpc) is 2.34. The molecule has 132 valence electrons. The van der Waals surface area contributed by atoms with Crippen LogP contribution in [0.25, 0.3) is 0 Å². The SMILES string of the molecule is C[C@@H](O[Si](C)(C)C(C)(C)C)[C@H]1C(=O)N2[C@@H]1C(C=O)COC2(C)C. The predicted molar refractivity (Wildman–Crippen MR) is 91.5 cm³/mol. The fourth-order valence-electron chi connectivity index (χ4n) is 3.40. The quantitative estimate of drug-likeness (QED) is 0.448. The Kier molecular flexibility index (Phi) is 4.59. The average molecular weight is 342 g/mol. The summed E-state index contributed by atoms with van der Waals surface area (Å²) in [6.07, 6.45) is 0.742. The second kappa shape index (κ2) is 5.67. The predicted octanol–water partition coefficient (Wildman–Crippen LogP) is 2.81. The van der Waals surface area contributed by atoms with Crippen LogP contribution < -0.4 is 0 Å². The lowest BCUT2D eigenvalue weighted by molar-refractivity contribution is -0.251. The van der Waals surface area contributed by atoms with Crippen molar-refractivity contribution in [3.63, 3.8) is 0 Å². The van der Waals surface area contributed by atoms with Crippen LogP contribution in [0.15, 0.2) is 0 Å². The molecule has 2 fully saturated rings. The van der Waals surface area contributed by atoms with Gasteiger partial charge in [0.2, 0.25) is 5.91 Å². The summed E-state index contributed by atoms with van der Waals surface area (Å²) in [5.74, 6) is -0.476. The topological polar surface area (TPSA) is 55.8 Å². The number of ether oxygens (including phenoxy) is 1. The Morgan fingerprint density at radius 2 is 1.96 bits per heavy atom. The molecule has 2 saturated heterocycles. The van der Waals surface area contributed by atoms with Crippen molar-refractivity contribution in [2.45, 2.75) is 77.5 Å². The van der Waals surface area contributed by atoms with Crippen molar-refractivity contribution in [3.05, 3.63) is 0 Å². The van der Waals surface area contributed by atoms with Gasteiger partial charge in [-0.25, -0.2) is 0 Å².